The zero-order valence-corrected chi connectivity index (χ0v) is 17.5. The zero-order valence-electron chi connectivity index (χ0n) is 17.5. The number of carbonyl (C=O) groups excluding carboxylic acids is 2. The number of nitrogens with one attached hydrogen (secondary N) is 2. The molecule has 0 saturated heterocycles. The number of aryl methyl sites for hydroxylation is 1. The van der Waals surface area contributed by atoms with Gasteiger partial charge >= 0.3 is 18.0 Å². The number of urea groups is 1. The number of carboxylic acid groups (broad SMARTS) is 2. The van der Waals surface area contributed by atoms with Gasteiger partial charge in [0.05, 0.1) is 0 Å². The van der Waals surface area contributed by atoms with Gasteiger partial charge in [-0.1, -0.05) is 31.5 Å². The van der Waals surface area contributed by atoms with Crippen LogP contribution in [0.1, 0.15) is 42.6 Å². The lowest BCUT2D eigenvalue weighted by Gasteiger charge is -2.14. The average molecular weight is 430 g/mol. The van der Waals surface area contributed by atoms with Crippen LogP contribution in [0, 0.1) is 6.92 Å². The summed E-state index contributed by atoms with van der Waals surface area (Å²) >= 11 is 0. The van der Waals surface area contributed by atoms with Crippen molar-refractivity contribution in [3.63, 3.8) is 0 Å². The molecule has 9 nitrogen and oxygen atoms in total. The van der Waals surface area contributed by atoms with E-state index in [1.165, 1.54) is 12.1 Å². The molecular formula is C22H26N2O7. The number of imide groups is 1. The van der Waals surface area contributed by atoms with Crippen LogP contribution in [-0.4, -0.2) is 40.1 Å². The predicted molar refractivity (Wildman–Crippen MR) is 113 cm³/mol. The van der Waals surface area contributed by atoms with Crippen molar-refractivity contribution in [2.45, 2.75) is 39.7 Å². The van der Waals surface area contributed by atoms with Gasteiger partial charge in [-0.2, -0.15) is 0 Å². The summed E-state index contributed by atoms with van der Waals surface area (Å²) in [6, 6.07) is 11.0. The number of hydrogen-bond donors (Lipinski definition) is 4. The molecule has 0 bridgehead atoms. The second kappa shape index (κ2) is 12.6. The van der Waals surface area contributed by atoms with Crippen LogP contribution in [-0.2, 0) is 9.59 Å². The third-order valence-corrected chi connectivity index (χ3v) is 3.85. The Balaban J connectivity index is 0.00000233. The number of rotatable bonds is 8. The van der Waals surface area contributed by atoms with Crippen LogP contribution in [0.25, 0.3) is 0 Å². The van der Waals surface area contributed by atoms with Crippen LogP contribution in [0.4, 0.5) is 4.79 Å². The Bertz CT molecular complexity index is 893. The van der Waals surface area contributed by atoms with Crippen LogP contribution >= 0.6 is 0 Å². The Morgan fingerprint density at radius 1 is 0.903 bits per heavy atom. The summed E-state index contributed by atoms with van der Waals surface area (Å²) in [4.78, 5) is 45.6. The first-order valence-corrected chi connectivity index (χ1v) is 9.65. The van der Waals surface area contributed by atoms with E-state index >= 15 is 0 Å². The highest BCUT2D eigenvalue weighted by atomic mass is 16.5. The summed E-state index contributed by atoms with van der Waals surface area (Å²) in [6.07, 6.45) is -0.745. The molecule has 0 radical (unpaired) electrons. The molecule has 2 rings (SSSR count). The van der Waals surface area contributed by atoms with Crippen LogP contribution in [0.3, 0.4) is 0 Å². The van der Waals surface area contributed by atoms with Crippen LogP contribution < -0.4 is 15.4 Å². The highest BCUT2D eigenvalue weighted by molar-refractivity contribution is 6.04. The molecule has 166 valence electrons. The third kappa shape index (κ3) is 8.99. The Labute approximate surface area is 180 Å². The van der Waals surface area contributed by atoms with E-state index in [-0.39, 0.29) is 12.0 Å². The molecule has 2 aromatic rings. The molecule has 0 heterocycles. The standard InChI is InChI=1S/C20H20N2O7.C2H6/c1-12-2-6-14(7-3-12)29-15-8-4-13(5-9-15)18(25)22-20(28)21-16(19(26)27)10-11-17(23)24;1-2/h2-9,16H,10-11H2,1H3,(H,23,24)(H,26,27)(H2,21,22,25,28);1-2H3. The number of ether oxygens (including phenoxy) is 1. The fourth-order valence-electron chi connectivity index (χ4n) is 2.31. The Morgan fingerprint density at radius 3 is 1.90 bits per heavy atom. The highest BCUT2D eigenvalue weighted by Crippen LogP contribution is 2.21. The summed E-state index contributed by atoms with van der Waals surface area (Å²) in [5.41, 5.74) is 1.25. The van der Waals surface area contributed by atoms with E-state index in [4.69, 9.17) is 14.9 Å². The second-order valence-electron chi connectivity index (χ2n) is 6.19. The second-order valence-corrected chi connectivity index (χ2v) is 6.19. The smallest absolute Gasteiger partial charge is 0.326 e. The Morgan fingerprint density at radius 2 is 1.42 bits per heavy atom. The van der Waals surface area contributed by atoms with Crippen molar-refractivity contribution in [3.8, 4) is 11.5 Å². The van der Waals surface area contributed by atoms with Gasteiger partial charge in [-0.3, -0.25) is 14.9 Å². The molecule has 31 heavy (non-hydrogen) atoms. The lowest BCUT2D eigenvalue weighted by atomic mass is 10.1. The van der Waals surface area contributed by atoms with Crippen LogP contribution in [0.5, 0.6) is 11.5 Å². The summed E-state index contributed by atoms with van der Waals surface area (Å²) in [5.74, 6) is -2.21. The minimum Gasteiger partial charge on any atom is -0.481 e. The molecule has 0 spiro atoms. The van der Waals surface area contributed by atoms with E-state index in [2.05, 4.69) is 5.32 Å². The normalized spacial score (nSPS) is 10.7. The number of carboxylic acids is 2. The van der Waals surface area contributed by atoms with Crippen molar-refractivity contribution >= 4 is 23.9 Å². The first kappa shape index (κ1) is 25.2. The molecule has 1 unspecified atom stereocenters. The average Bonchev–Trinajstić information content (AvgIpc) is 2.74. The van der Waals surface area contributed by atoms with Crippen molar-refractivity contribution in [1.82, 2.24) is 10.6 Å². The fourth-order valence-corrected chi connectivity index (χ4v) is 2.31. The van der Waals surface area contributed by atoms with Gasteiger partial charge in [0.1, 0.15) is 17.5 Å². The third-order valence-electron chi connectivity index (χ3n) is 3.85. The molecule has 1 atom stereocenters. The molecular weight excluding hydrogens is 404 g/mol. The monoisotopic (exact) mass is 430 g/mol. The number of carbonyl (C=O) groups is 4. The molecule has 0 aliphatic carbocycles. The maximum atomic E-state index is 12.1. The molecule has 9 heteroatoms. The molecule has 0 saturated carbocycles. The van der Waals surface area contributed by atoms with Crippen molar-refractivity contribution in [2.24, 2.45) is 0 Å². The summed E-state index contributed by atoms with van der Waals surface area (Å²) in [6.45, 7) is 5.96. The van der Waals surface area contributed by atoms with Gasteiger partial charge in [-0.25, -0.2) is 9.59 Å². The fraction of sp³-hybridized carbons (Fsp3) is 0.273. The van der Waals surface area contributed by atoms with Crippen molar-refractivity contribution < 1.29 is 34.1 Å². The van der Waals surface area contributed by atoms with Gasteiger partial charge in [0, 0.05) is 12.0 Å². The lowest BCUT2D eigenvalue weighted by molar-refractivity contribution is -0.140. The largest absolute Gasteiger partial charge is 0.481 e. The topological polar surface area (TPSA) is 142 Å². The van der Waals surface area contributed by atoms with Crippen LogP contribution in [0.2, 0.25) is 0 Å². The van der Waals surface area contributed by atoms with E-state index in [0.717, 1.165) is 5.56 Å². The number of amides is 3. The SMILES string of the molecule is CC.Cc1ccc(Oc2ccc(C(=O)NC(=O)NC(CCC(=O)O)C(=O)O)cc2)cc1. The summed E-state index contributed by atoms with van der Waals surface area (Å²) in [5, 5.41) is 21.7. The van der Waals surface area contributed by atoms with E-state index in [1.807, 2.05) is 50.4 Å². The Kier molecular flexibility index (Phi) is 10.3. The molecule has 0 aliphatic heterocycles. The van der Waals surface area contributed by atoms with Gasteiger partial charge in [-0.15, -0.1) is 0 Å². The van der Waals surface area contributed by atoms with Crippen molar-refractivity contribution in [2.75, 3.05) is 0 Å². The predicted octanol–water partition coefficient (Wildman–Crippen LogP) is 3.57. The van der Waals surface area contributed by atoms with E-state index in [9.17, 15) is 19.2 Å². The van der Waals surface area contributed by atoms with Gasteiger partial charge in [0.2, 0.25) is 0 Å². The van der Waals surface area contributed by atoms with E-state index in [1.54, 1.807) is 12.1 Å². The van der Waals surface area contributed by atoms with Gasteiger partial charge in [0.25, 0.3) is 5.91 Å². The van der Waals surface area contributed by atoms with E-state index in [0.29, 0.717) is 11.5 Å². The Hall–Kier alpha value is -3.88. The maximum absolute atomic E-state index is 12.1. The van der Waals surface area contributed by atoms with E-state index < -0.39 is 36.3 Å². The number of aliphatic carboxylic acids is 2. The molecule has 4 N–H and O–H groups in total. The molecule has 0 aliphatic rings. The van der Waals surface area contributed by atoms with Crippen molar-refractivity contribution in [3.05, 3.63) is 59.7 Å². The molecule has 3 amide bonds. The first-order chi connectivity index (χ1) is 14.7. The van der Waals surface area contributed by atoms with Gasteiger partial charge in [0.15, 0.2) is 0 Å². The molecule has 2 aromatic carbocycles. The molecule has 0 fully saturated rings. The number of benzene rings is 2. The minimum absolute atomic E-state index is 0.161. The highest BCUT2D eigenvalue weighted by Gasteiger charge is 2.22. The lowest BCUT2D eigenvalue weighted by Crippen LogP contribution is -2.47. The quantitative estimate of drug-likeness (QED) is 0.501. The van der Waals surface area contributed by atoms with Crippen molar-refractivity contribution in [1.29, 1.82) is 0 Å². The van der Waals surface area contributed by atoms with Crippen LogP contribution in [0.15, 0.2) is 48.5 Å². The summed E-state index contributed by atoms with van der Waals surface area (Å²) in [7, 11) is 0. The number of hydrogen-bond acceptors (Lipinski definition) is 5. The van der Waals surface area contributed by atoms with Gasteiger partial charge < -0.3 is 20.3 Å². The maximum Gasteiger partial charge on any atom is 0.326 e. The summed E-state index contributed by atoms with van der Waals surface area (Å²) < 4.78 is 5.65. The minimum atomic E-state index is -1.43. The zero-order chi connectivity index (χ0) is 23.4. The molecule has 0 aromatic heterocycles. The van der Waals surface area contributed by atoms with Gasteiger partial charge in [-0.05, 0) is 49.7 Å². The first-order valence-electron chi connectivity index (χ1n) is 9.65.